The molecule has 1 aliphatic rings. The molecule has 0 radical (unpaired) electrons. The zero-order valence-corrected chi connectivity index (χ0v) is 16.8. The van der Waals surface area contributed by atoms with Gasteiger partial charge in [0.25, 0.3) is 0 Å². The van der Waals surface area contributed by atoms with E-state index in [1.54, 1.807) is 17.1 Å². The lowest BCUT2D eigenvalue weighted by Gasteiger charge is -2.24. The standard InChI is InChI=1S/C22H19N9/c1-30-18(8-10-25-30)27-22-23-9-7-17(26-22)15-11-19-24-13-16(14-5-3-2-4-6-14)21-29-28-20(12-15)31(19)21/h2-12,16,24H,13H2,1H3,(H,23,26,27)/t16-/m0/s1. The largest absolute Gasteiger partial charge is 0.370 e. The van der Waals surface area contributed by atoms with Gasteiger partial charge in [0.2, 0.25) is 5.95 Å². The molecule has 0 amide bonds. The molecule has 4 aromatic heterocycles. The second-order valence-corrected chi connectivity index (χ2v) is 7.46. The summed E-state index contributed by atoms with van der Waals surface area (Å²) in [5, 5.41) is 19.9. The van der Waals surface area contributed by atoms with Gasteiger partial charge < -0.3 is 10.6 Å². The van der Waals surface area contributed by atoms with E-state index in [1.807, 2.05) is 31.3 Å². The first-order valence-electron chi connectivity index (χ1n) is 10.0. The quantitative estimate of drug-likeness (QED) is 0.470. The van der Waals surface area contributed by atoms with Gasteiger partial charge in [-0.05, 0) is 23.8 Å². The number of aryl methyl sites for hydroxylation is 1. The summed E-state index contributed by atoms with van der Waals surface area (Å²) in [6.45, 7) is 0.762. The summed E-state index contributed by atoms with van der Waals surface area (Å²) in [7, 11) is 1.86. The van der Waals surface area contributed by atoms with Gasteiger partial charge >= 0.3 is 0 Å². The van der Waals surface area contributed by atoms with Gasteiger partial charge in [-0.15, -0.1) is 10.2 Å². The molecule has 0 spiro atoms. The molecule has 152 valence electrons. The Balaban J connectivity index is 1.39. The van der Waals surface area contributed by atoms with E-state index in [4.69, 9.17) is 0 Å². The smallest absolute Gasteiger partial charge is 0.228 e. The van der Waals surface area contributed by atoms with Gasteiger partial charge in [-0.25, -0.2) is 9.97 Å². The molecule has 1 aliphatic heterocycles. The fraction of sp³-hybridized carbons (Fsp3) is 0.136. The molecule has 0 unspecified atom stereocenters. The van der Waals surface area contributed by atoms with E-state index in [9.17, 15) is 0 Å². The minimum absolute atomic E-state index is 0.156. The molecule has 5 heterocycles. The van der Waals surface area contributed by atoms with Crippen LogP contribution in [0, 0.1) is 0 Å². The molecule has 9 nitrogen and oxygen atoms in total. The van der Waals surface area contributed by atoms with Crippen LogP contribution in [0.2, 0.25) is 0 Å². The lowest BCUT2D eigenvalue weighted by Crippen LogP contribution is -2.23. The first-order chi connectivity index (χ1) is 15.3. The van der Waals surface area contributed by atoms with Crippen LogP contribution >= 0.6 is 0 Å². The van der Waals surface area contributed by atoms with Crippen molar-refractivity contribution in [1.29, 1.82) is 0 Å². The summed E-state index contributed by atoms with van der Waals surface area (Å²) >= 11 is 0. The first-order valence-corrected chi connectivity index (χ1v) is 10.0. The second-order valence-electron chi connectivity index (χ2n) is 7.46. The molecule has 31 heavy (non-hydrogen) atoms. The van der Waals surface area contributed by atoms with Gasteiger partial charge in [-0.3, -0.25) is 9.08 Å². The fourth-order valence-electron chi connectivity index (χ4n) is 3.99. The number of nitrogens with zero attached hydrogens (tertiary/aromatic N) is 7. The van der Waals surface area contributed by atoms with E-state index in [2.05, 4.69) is 70.6 Å². The normalized spacial score (nSPS) is 15.1. The number of aromatic nitrogens is 7. The highest BCUT2D eigenvalue weighted by Gasteiger charge is 2.26. The van der Waals surface area contributed by atoms with E-state index in [0.29, 0.717) is 5.95 Å². The predicted molar refractivity (Wildman–Crippen MR) is 117 cm³/mol. The van der Waals surface area contributed by atoms with Crippen LogP contribution < -0.4 is 10.6 Å². The lowest BCUT2D eigenvalue weighted by molar-refractivity contribution is 0.729. The number of nitrogens with one attached hydrogen (secondary N) is 2. The third kappa shape index (κ3) is 2.98. The highest BCUT2D eigenvalue weighted by atomic mass is 15.3. The number of hydrogen-bond acceptors (Lipinski definition) is 7. The van der Waals surface area contributed by atoms with Gasteiger partial charge in [0.05, 0.1) is 17.8 Å². The Morgan fingerprint density at radius 2 is 1.94 bits per heavy atom. The van der Waals surface area contributed by atoms with Crippen molar-refractivity contribution in [2.45, 2.75) is 5.92 Å². The molecule has 5 aromatic rings. The Morgan fingerprint density at radius 1 is 1.03 bits per heavy atom. The van der Waals surface area contributed by atoms with Crippen molar-refractivity contribution in [1.82, 2.24) is 34.3 Å². The summed E-state index contributed by atoms with van der Waals surface area (Å²) < 4.78 is 3.82. The molecular weight excluding hydrogens is 390 g/mol. The van der Waals surface area contributed by atoms with Crippen LogP contribution in [-0.4, -0.2) is 40.9 Å². The van der Waals surface area contributed by atoms with Crippen LogP contribution in [0.15, 0.2) is 67.0 Å². The topological polar surface area (TPSA) is 97.9 Å². The number of anilines is 3. The van der Waals surface area contributed by atoms with Crippen molar-refractivity contribution in [3.05, 3.63) is 78.4 Å². The van der Waals surface area contributed by atoms with Crippen molar-refractivity contribution < 1.29 is 0 Å². The zero-order chi connectivity index (χ0) is 20.8. The average molecular weight is 409 g/mol. The van der Waals surface area contributed by atoms with Crippen molar-refractivity contribution in [3.63, 3.8) is 0 Å². The van der Waals surface area contributed by atoms with Crippen molar-refractivity contribution in [2.75, 3.05) is 17.2 Å². The summed E-state index contributed by atoms with van der Waals surface area (Å²) in [5.41, 5.74) is 3.76. The Labute approximate surface area is 177 Å². The highest BCUT2D eigenvalue weighted by molar-refractivity contribution is 5.71. The molecule has 0 aliphatic carbocycles. The van der Waals surface area contributed by atoms with Crippen LogP contribution in [0.1, 0.15) is 17.3 Å². The number of hydrogen-bond donors (Lipinski definition) is 2. The van der Waals surface area contributed by atoms with Crippen LogP contribution in [0.5, 0.6) is 0 Å². The molecule has 1 aromatic carbocycles. The van der Waals surface area contributed by atoms with E-state index < -0.39 is 0 Å². The third-order valence-electron chi connectivity index (χ3n) is 5.54. The van der Waals surface area contributed by atoms with Gasteiger partial charge in [0.1, 0.15) is 17.5 Å². The van der Waals surface area contributed by atoms with E-state index in [-0.39, 0.29) is 5.92 Å². The molecule has 0 fully saturated rings. The Morgan fingerprint density at radius 3 is 2.77 bits per heavy atom. The monoisotopic (exact) mass is 409 g/mol. The first kappa shape index (κ1) is 17.6. The maximum Gasteiger partial charge on any atom is 0.228 e. The van der Waals surface area contributed by atoms with Gasteiger partial charge in [-0.2, -0.15) is 5.10 Å². The molecule has 0 bridgehead atoms. The van der Waals surface area contributed by atoms with Crippen LogP contribution in [0.3, 0.4) is 0 Å². The van der Waals surface area contributed by atoms with Gasteiger partial charge in [0, 0.05) is 31.4 Å². The Hall–Kier alpha value is -4.27. The molecule has 9 heteroatoms. The molecule has 0 saturated heterocycles. The van der Waals surface area contributed by atoms with Crippen molar-refractivity contribution in [2.24, 2.45) is 7.05 Å². The summed E-state index contributed by atoms with van der Waals surface area (Å²) in [5.74, 6) is 3.39. The predicted octanol–water partition coefficient (Wildman–Crippen LogP) is 3.22. The molecule has 0 saturated carbocycles. The second kappa shape index (κ2) is 6.91. The minimum atomic E-state index is 0.156. The lowest BCUT2D eigenvalue weighted by atomic mass is 9.97. The van der Waals surface area contributed by atoms with Crippen molar-refractivity contribution >= 4 is 23.2 Å². The molecule has 1 atom stereocenters. The molecular formula is C22H19N9. The van der Waals surface area contributed by atoms with Gasteiger partial charge in [-0.1, -0.05) is 30.3 Å². The molecule has 2 N–H and O–H groups in total. The number of pyridine rings is 1. The maximum absolute atomic E-state index is 4.68. The van der Waals surface area contributed by atoms with Crippen LogP contribution in [-0.2, 0) is 7.05 Å². The number of rotatable bonds is 4. The third-order valence-corrected chi connectivity index (χ3v) is 5.54. The highest BCUT2D eigenvalue weighted by Crippen LogP contribution is 2.33. The Bertz CT molecular complexity index is 1390. The van der Waals surface area contributed by atoms with E-state index in [1.165, 1.54) is 5.56 Å². The Kier molecular flexibility index (Phi) is 3.92. The zero-order valence-electron chi connectivity index (χ0n) is 16.8. The molecule has 6 rings (SSSR count). The maximum atomic E-state index is 4.68. The minimum Gasteiger partial charge on any atom is -0.370 e. The van der Waals surface area contributed by atoms with Crippen molar-refractivity contribution in [3.8, 4) is 11.3 Å². The summed E-state index contributed by atoms with van der Waals surface area (Å²) in [6.07, 6.45) is 3.47. The summed E-state index contributed by atoms with van der Waals surface area (Å²) in [6, 6.07) is 18.2. The summed E-state index contributed by atoms with van der Waals surface area (Å²) in [4.78, 5) is 9.01. The van der Waals surface area contributed by atoms with Gasteiger partial charge in [0.15, 0.2) is 5.65 Å². The average Bonchev–Trinajstić information content (AvgIpc) is 3.42. The van der Waals surface area contributed by atoms with Crippen LogP contribution in [0.25, 0.3) is 16.9 Å². The van der Waals surface area contributed by atoms with E-state index >= 15 is 0 Å². The number of benzene rings is 1. The SMILES string of the molecule is Cn1nccc1Nc1nccc(-c2cc3n4c(nnc4c2)[C@H](c2ccccc2)CN3)n1. The van der Waals surface area contributed by atoms with E-state index in [0.717, 1.165) is 40.9 Å². The van der Waals surface area contributed by atoms with Crippen LogP contribution in [0.4, 0.5) is 17.6 Å². The fourth-order valence-corrected chi connectivity index (χ4v) is 3.99.